The van der Waals surface area contributed by atoms with Crippen molar-refractivity contribution in [3.63, 3.8) is 0 Å². The number of aryl methyl sites for hydroxylation is 1. The number of amides is 1. The van der Waals surface area contributed by atoms with E-state index in [-0.39, 0.29) is 11.5 Å². The summed E-state index contributed by atoms with van der Waals surface area (Å²) in [6, 6.07) is 13.2. The lowest BCUT2D eigenvalue weighted by atomic mass is 10.2. The smallest absolute Gasteiger partial charge is 0.274 e. The van der Waals surface area contributed by atoms with Gasteiger partial charge in [0.1, 0.15) is 29.0 Å². The average molecular weight is 354 g/mol. The molecule has 0 unspecified atom stereocenters. The van der Waals surface area contributed by atoms with E-state index >= 15 is 0 Å². The first-order chi connectivity index (χ1) is 12.5. The van der Waals surface area contributed by atoms with Crippen molar-refractivity contribution in [2.75, 3.05) is 10.6 Å². The second-order valence-corrected chi connectivity index (χ2v) is 5.63. The van der Waals surface area contributed by atoms with Gasteiger partial charge in [-0.25, -0.2) is 18.7 Å². The number of carbonyl (C=O) groups excluding carboxylic acids is 1. The Hall–Kier alpha value is -3.35. The molecule has 0 fully saturated rings. The highest BCUT2D eigenvalue weighted by molar-refractivity contribution is 6.03. The molecule has 2 N–H and O–H groups in total. The molecule has 0 aliphatic rings. The lowest BCUT2D eigenvalue weighted by Gasteiger charge is -2.09. The van der Waals surface area contributed by atoms with Gasteiger partial charge in [-0.05, 0) is 42.8 Å². The summed E-state index contributed by atoms with van der Waals surface area (Å²) >= 11 is 0. The maximum atomic E-state index is 13.2. The zero-order valence-electron chi connectivity index (χ0n) is 14.0. The fourth-order valence-corrected chi connectivity index (χ4v) is 2.33. The lowest BCUT2D eigenvalue weighted by Crippen LogP contribution is -2.16. The number of hydrogen-bond donors (Lipinski definition) is 2. The van der Waals surface area contributed by atoms with E-state index in [0.29, 0.717) is 23.9 Å². The van der Waals surface area contributed by atoms with Crippen molar-refractivity contribution in [3.8, 4) is 0 Å². The Morgan fingerprint density at radius 1 is 1.00 bits per heavy atom. The predicted octanol–water partition coefficient (Wildman–Crippen LogP) is 3.93. The van der Waals surface area contributed by atoms with Crippen molar-refractivity contribution in [2.24, 2.45) is 0 Å². The van der Waals surface area contributed by atoms with Crippen molar-refractivity contribution in [3.05, 3.63) is 83.3 Å². The van der Waals surface area contributed by atoms with Crippen LogP contribution in [-0.2, 0) is 6.54 Å². The second-order valence-electron chi connectivity index (χ2n) is 5.63. The van der Waals surface area contributed by atoms with Gasteiger partial charge < -0.3 is 10.6 Å². The highest BCUT2D eigenvalue weighted by Gasteiger charge is 2.11. The molecule has 0 saturated heterocycles. The van der Waals surface area contributed by atoms with E-state index in [9.17, 15) is 13.6 Å². The summed E-state index contributed by atoms with van der Waals surface area (Å²) in [4.78, 5) is 20.7. The molecule has 1 aromatic heterocycles. The molecule has 3 aromatic rings. The number of nitrogens with zero attached hydrogens (tertiary/aromatic N) is 2. The minimum atomic E-state index is -0.467. The van der Waals surface area contributed by atoms with Crippen LogP contribution in [-0.4, -0.2) is 15.9 Å². The Kier molecular flexibility index (Phi) is 5.17. The lowest BCUT2D eigenvalue weighted by molar-refractivity contribution is 0.102. The zero-order chi connectivity index (χ0) is 18.5. The predicted molar refractivity (Wildman–Crippen MR) is 94.8 cm³/mol. The highest BCUT2D eigenvalue weighted by atomic mass is 19.1. The Balaban J connectivity index is 1.72. The average Bonchev–Trinajstić information content (AvgIpc) is 2.61. The third-order valence-electron chi connectivity index (χ3n) is 3.54. The standard InChI is InChI=1S/C19H16F2N4O/c1-12-23-17(19(26)25-16-4-2-3-15(21)9-16)10-18(24-12)22-11-13-5-7-14(20)8-6-13/h2-10H,11H2,1H3,(H,25,26)(H,22,23,24). The van der Waals surface area contributed by atoms with Crippen LogP contribution in [0.1, 0.15) is 21.9 Å². The maximum Gasteiger partial charge on any atom is 0.274 e. The summed E-state index contributed by atoms with van der Waals surface area (Å²) in [6.45, 7) is 2.09. The van der Waals surface area contributed by atoms with Crippen molar-refractivity contribution < 1.29 is 13.6 Å². The highest BCUT2D eigenvalue weighted by Crippen LogP contribution is 2.13. The molecule has 0 atom stereocenters. The van der Waals surface area contributed by atoms with Crippen molar-refractivity contribution in [1.82, 2.24) is 9.97 Å². The molecule has 0 spiro atoms. The summed E-state index contributed by atoms with van der Waals surface area (Å²) in [7, 11) is 0. The fourth-order valence-electron chi connectivity index (χ4n) is 2.33. The zero-order valence-corrected chi connectivity index (χ0v) is 14.0. The molecular weight excluding hydrogens is 338 g/mol. The molecule has 3 rings (SSSR count). The van der Waals surface area contributed by atoms with Crippen LogP contribution in [0.4, 0.5) is 20.3 Å². The van der Waals surface area contributed by atoms with E-state index in [1.807, 2.05) is 0 Å². The van der Waals surface area contributed by atoms with E-state index in [1.54, 1.807) is 25.1 Å². The van der Waals surface area contributed by atoms with Crippen LogP contribution >= 0.6 is 0 Å². The van der Waals surface area contributed by atoms with Gasteiger partial charge in [-0.1, -0.05) is 18.2 Å². The van der Waals surface area contributed by atoms with E-state index in [2.05, 4.69) is 20.6 Å². The third kappa shape index (κ3) is 4.60. The van der Waals surface area contributed by atoms with Gasteiger partial charge in [0.15, 0.2) is 0 Å². The van der Waals surface area contributed by atoms with Gasteiger partial charge in [-0.2, -0.15) is 0 Å². The van der Waals surface area contributed by atoms with Crippen LogP contribution in [0, 0.1) is 18.6 Å². The van der Waals surface area contributed by atoms with Gasteiger partial charge in [0.05, 0.1) is 0 Å². The number of benzene rings is 2. The topological polar surface area (TPSA) is 66.9 Å². The Bertz CT molecular complexity index is 929. The van der Waals surface area contributed by atoms with Gasteiger partial charge in [0.2, 0.25) is 0 Å². The van der Waals surface area contributed by atoms with Crippen LogP contribution in [0.25, 0.3) is 0 Å². The molecule has 132 valence electrons. The van der Waals surface area contributed by atoms with E-state index in [0.717, 1.165) is 5.56 Å². The summed E-state index contributed by atoms with van der Waals surface area (Å²) in [5, 5.41) is 5.67. The van der Waals surface area contributed by atoms with Crippen LogP contribution in [0.15, 0.2) is 54.6 Å². The van der Waals surface area contributed by atoms with E-state index < -0.39 is 11.7 Å². The first-order valence-electron chi connectivity index (χ1n) is 7.90. The quantitative estimate of drug-likeness (QED) is 0.729. The first-order valence-corrected chi connectivity index (χ1v) is 7.90. The normalized spacial score (nSPS) is 10.4. The minimum absolute atomic E-state index is 0.156. The molecule has 0 aliphatic carbocycles. The largest absolute Gasteiger partial charge is 0.366 e. The van der Waals surface area contributed by atoms with E-state index in [1.165, 1.54) is 36.4 Å². The number of nitrogens with one attached hydrogen (secondary N) is 2. The molecular formula is C19H16F2N4O. The van der Waals surface area contributed by atoms with Crippen LogP contribution in [0.3, 0.4) is 0 Å². The van der Waals surface area contributed by atoms with E-state index in [4.69, 9.17) is 0 Å². The number of carbonyl (C=O) groups is 1. The molecule has 1 heterocycles. The van der Waals surface area contributed by atoms with Crippen molar-refractivity contribution >= 4 is 17.4 Å². The third-order valence-corrected chi connectivity index (χ3v) is 3.54. The summed E-state index contributed by atoms with van der Waals surface area (Å²) in [5.74, 6) is -0.332. The summed E-state index contributed by atoms with van der Waals surface area (Å²) in [5.41, 5.74) is 1.36. The number of hydrogen-bond acceptors (Lipinski definition) is 4. The van der Waals surface area contributed by atoms with Crippen LogP contribution in [0.5, 0.6) is 0 Å². The SMILES string of the molecule is Cc1nc(NCc2ccc(F)cc2)cc(C(=O)Nc2cccc(F)c2)n1. The van der Waals surface area contributed by atoms with Gasteiger partial charge in [-0.15, -0.1) is 0 Å². The van der Waals surface area contributed by atoms with Gasteiger partial charge >= 0.3 is 0 Å². The monoisotopic (exact) mass is 354 g/mol. The molecule has 1 amide bonds. The molecule has 0 aliphatic heterocycles. The number of anilines is 2. The van der Waals surface area contributed by atoms with Crippen molar-refractivity contribution in [1.29, 1.82) is 0 Å². The maximum absolute atomic E-state index is 13.2. The molecule has 2 aromatic carbocycles. The van der Waals surface area contributed by atoms with Crippen molar-refractivity contribution in [2.45, 2.75) is 13.5 Å². The Labute approximate surface area is 149 Å². The number of aromatic nitrogens is 2. The number of halogens is 2. The molecule has 26 heavy (non-hydrogen) atoms. The molecule has 7 heteroatoms. The second kappa shape index (κ2) is 7.69. The van der Waals surface area contributed by atoms with Crippen LogP contribution < -0.4 is 10.6 Å². The van der Waals surface area contributed by atoms with Gasteiger partial charge in [0.25, 0.3) is 5.91 Å². The fraction of sp³-hybridized carbons (Fsp3) is 0.105. The first kappa shape index (κ1) is 17.5. The Morgan fingerprint density at radius 3 is 2.50 bits per heavy atom. The molecule has 5 nitrogen and oxygen atoms in total. The van der Waals surface area contributed by atoms with Gasteiger partial charge in [0, 0.05) is 18.3 Å². The minimum Gasteiger partial charge on any atom is -0.366 e. The summed E-state index contributed by atoms with van der Waals surface area (Å²) < 4.78 is 26.2. The number of rotatable bonds is 5. The molecule has 0 saturated carbocycles. The Morgan fingerprint density at radius 2 is 1.77 bits per heavy atom. The molecule has 0 radical (unpaired) electrons. The summed E-state index contributed by atoms with van der Waals surface area (Å²) in [6.07, 6.45) is 0. The van der Waals surface area contributed by atoms with Crippen LogP contribution in [0.2, 0.25) is 0 Å². The van der Waals surface area contributed by atoms with Gasteiger partial charge in [-0.3, -0.25) is 4.79 Å². The molecule has 0 bridgehead atoms.